The number of carboxylic acid groups (broad SMARTS) is 1. The van der Waals surface area contributed by atoms with E-state index in [2.05, 4.69) is 0 Å². The third-order valence-corrected chi connectivity index (χ3v) is 4.13. The topological polar surface area (TPSA) is 50.2 Å². The maximum Gasteiger partial charge on any atom is 0.336 e. The summed E-state index contributed by atoms with van der Waals surface area (Å²) in [6, 6.07) is 5.89. The maximum absolute atomic E-state index is 11.8. The Bertz CT molecular complexity index is 676. The number of carbonyl (C=O) groups is 1. The number of aromatic carboxylic acids is 1. The lowest BCUT2D eigenvalue weighted by molar-refractivity contribution is 0.0697. The lowest BCUT2D eigenvalue weighted by atomic mass is 9.91. The number of aromatic nitrogens is 1. The van der Waals surface area contributed by atoms with Crippen molar-refractivity contribution in [1.82, 2.24) is 4.98 Å². The monoisotopic (exact) mass is 269 g/mol. The van der Waals surface area contributed by atoms with Crippen LogP contribution in [0.15, 0.2) is 18.2 Å². The molecule has 20 heavy (non-hydrogen) atoms. The molecule has 0 fully saturated rings. The fraction of sp³-hybridized carbons (Fsp3) is 0.412. The van der Waals surface area contributed by atoms with E-state index in [4.69, 9.17) is 4.98 Å². The van der Waals surface area contributed by atoms with Crippen LogP contribution in [0.3, 0.4) is 0 Å². The van der Waals surface area contributed by atoms with E-state index in [9.17, 15) is 9.90 Å². The van der Waals surface area contributed by atoms with Crippen molar-refractivity contribution in [2.24, 2.45) is 0 Å². The van der Waals surface area contributed by atoms with Gasteiger partial charge in [0.15, 0.2) is 0 Å². The molecular weight excluding hydrogens is 250 g/mol. The van der Waals surface area contributed by atoms with Gasteiger partial charge in [0.25, 0.3) is 0 Å². The Morgan fingerprint density at radius 2 is 1.90 bits per heavy atom. The smallest absolute Gasteiger partial charge is 0.336 e. The molecule has 0 atom stereocenters. The molecule has 1 aliphatic rings. The highest BCUT2D eigenvalue weighted by Gasteiger charge is 2.20. The van der Waals surface area contributed by atoms with Gasteiger partial charge in [0.2, 0.25) is 0 Å². The molecule has 1 aromatic carbocycles. The van der Waals surface area contributed by atoms with E-state index in [1.54, 1.807) is 0 Å². The first-order valence-electron chi connectivity index (χ1n) is 7.32. The van der Waals surface area contributed by atoms with Crippen LogP contribution in [0.1, 0.15) is 52.9 Å². The highest BCUT2D eigenvalue weighted by molar-refractivity contribution is 6.04. The summed E-state index contributed by atoms with van der Waals surface area (Å²) < 4.78 is 0. The van der Waals surface area contributed by atoms with Crippen LogP contribution >= 0.6 is 0 Å². The molecule has 0 bridgehead atoms. The fourth-order valence-electron chi connectivity index (χ4n) is 3.14. The first-order valence-corrected chi connectivity index (χ1v) is 7.32. The summed E-state index contributed by atoms with van der Waals surface area (Å²) in [5.41, 5.74) is 4.34. The van der Waals surface area contributed by atoms with Gasteiger partial charge in [0.05, 0.1) is 11.1 Å². The molecule has 0 saturated heterocycles. The number of hydrogen-bond donors (Lipinski definition) is 1. The van der Waals surface area contributed by atoms with Crippen LogP contribution in [0, 0.1) is 6.92 Å². The second-order valence-electron chi connectivity index (χ2n) is 5.65. The molecule has 104 valence electrons. The number of benzene rings is 1. The Labute approximate surface area is 118 Å². The van der Waals surface area contributed by atoms with Crippen LogP contribution in [0.2, 0.25) is 0 Å². The van der Waals surface area contributed by atoms with Crippen molar-refractivity contribution in [2.45, 2.75) is 45.4 Å². The zero-order chi connectivity index (χ0) is 14.1. The Morgan fingerprint density at radius 1 is 1.15 bits per heavy atom. The number of carboxylic acids is 1. The van der Waals surface area contributed by atoms with Crippen molar-refractivity contribution in [3.05, 3.63) is 40.6 Å². The highest BCUT2D eigenvalue weighted by atomic mass is 16.4. The maximum atomic E-state index is 11.8. The molecule has 0 spiro atoms. The SMILES string of the molecule is Cc1ccc2nc3c(c(C(=O)O)c2c1)CCCCCC3. The zero-order valence-electron chi connectivity index (χ0n) is 11.8. The molecule has 3 heteroatoms. The molecule has 0 unspecified atom stereocenters. The van der Waals surface area contributed by atoms with Gasteiger partial charge in [-0.05, 0) is 50.3 Å². The first-order chi connectivity index (χ1) is 9.66. The van der Waals surface area contributed by atoms with Gasteiger partial charge in [0.1, 0.15) is 0 Å². The summed E-state index contributed by atoms with van der Waals surface area (Å²) >= 11 is 0. The Kier molecular flexibility index (Phi) is 3.43. The second kappa shape index (κ2) is 5.23. The molecule has 3 nitrogen and oxygen atoms in total. The van der Waals surface area contributed by atoms with E-state index in [-0.39, 0.29) is 0 Å². The third kappa shape index (κ3) is 2.28. The standard InChI is InChI=1S/C17H19NO2/c1-11-8-9-15-13(10-11)16(17(19)20)12-6-4-2-3-5-7-14(12)18-15/h8-10H,2-7H2,1H3,(H,19,20). The van der Waals surface area contributed by atoms with Crippen LogP contribution in [0.4, 0.5) is 0 Å². The number of aryl methyl sites for hydroxylation is 2. The van der Waals surface area contributed by atoms with E-state index in [1.165, 1.54) is 12.8 Å². The summed E-state index contributed by atoms with van der Waals surface area (Å²) in [5, 5.41) is 10.5. The molecule has 2 aromatic rings. The van der Waals surface area contributed by atoms with Crippen molar-refractivity contribution >= 4 is 16.9 Å². The molecule has 0 radical (unpaired) electrons. The van der Waals surface area contributed by atoms with Gasteiger partial charge in [-0.25, -0.2) is 4.79 Å². The largest absolute Gasteiger partial charge is 0.478 e. The molecule has 1 heterocycles. The van der Waals surface area contributed by atoms with Gasteiger partial charge < -0.3 is 5.11 Å². The number of hydrogen-bond acceptors (Lipinski definition) is 2. The number of pyridine rings is 1. The van der Waals surface area contributed by atoms with Gasteiger partial charge in [-0.3, -0.25) is 4.98 Å². The van der Waals surface area contributed by atoms with Gasteiger partial charge >= 0.3 is 5.97 Å². The molecule has 1 aromatic heterocycles. The van der Waals surface area contributed by atoms with E-state index in [0.717, 1.165) is 53.4 Å². The summed E-state index contributed by atoms with van der Waals surface area (Å²) in [6.45, 7) is 1.99. The highest BCUT2D eigenvalue weighted by Crippen LogP contribution is 2.28. The van der Waals surface area contributed by atoms with Gasteiger partial charge in [-0.15, -0.1) is 0 Å². The molecule has 0 aliphatic heterocycles. The summed E-state index contributed by atoms with van der Waals surface area (Å²) in [6.07, 6.45) is 6.32. The number of nitrogens with zero attached hydrogens (tertiary/aromatic N) is 1. The van der Waals surface area contributed by atoms with Crippen molar-refractivity contribution < 1.29 is 9.90 Å². The molecule has 0 saturated carbocycles. The zero-order valence-corrected chi connectivity index (χ0v) is 11.8. The Morgan fingerprint density at radius 3 is 2.65 bits per heavy atom. The quantitative estimate of drug-likeness (QED) is 0.854. The average molecular weight is 269 g/mol. The minimum atomic E-state index is -0.820. The van der Waals surface area contributed by atoms with Crippen molar-refractivity contribution in [2.75, 3.05) is 0 Å². The number of rotatable bonds is 1. The summed E-state index contributed by atoms with van der Waals surface area (Å²) in [7, 11) is 0. The second-order valence-corrected chi connectivity index (χ2v) is 5.65. The number of fused-ring (bicyclic) bond motifs is 2. The third-order valence-electron chi connectivity index (χ3n) is 4.13. The minimum Gasteiger partial charge on any atom is -0.478 e. The minimum absolute atomic E-state index is 0.482. The molecule has 1 aliphatic carbocycles. The molecule has 0 amide bonds. The average Bonchev–Trinajstić information content (AvgIpc) is 2.38. The molecule has 3 rings (SSSR count). The Hall–Kier alpha value is -1.90. The fourth-order valence-corrected chi connectivity index (χ4v) is 3.14. The van der Waals surface area contributed by atoms with Gasteiger partial charge in [0, 0.05) is 11.1 Å². The van der Waals surface area contributed by atoms with Crippen LogP contribution in [-0.4, -0.2) is 16.1 Å². The lowest BCUT2D eigenvalue weighted by Gasteiger charge is -2.17. The van der Waals surface area contributed by atoms with Gasteiger partial charge in [-0.1, -0.05) is 24.5 Å². The normalized spacial score (nSPS) is 15.4. The lowest BCUT2D eigenvalue weighted by Crippen LogP contribution is -2.11. The Balaban J connectivity index is 2.32. The van der Waals surface area contributed by atoms with Crippen LogP contribution in [-0.2, 0) is 12.8 Å². The molecular formula is C17H19NO2. The predicted octanol–water partition coefficient (Wildman–Crippen LogP) is 3.90. The van der Waals surface area contributed by atoms with Crippen LogP contribution < -0.4 is 0 Å². The van der Waals surface area contributed by atoms with E-state index in [0.29, 0.717) is 5.56 Å². The van der Waals surface area contributed by atoms with Crippen molar-refractivity contribution in [1.29, 1.82) is 0 Å². The first kappa shape index (κ1) is 13.1. The van der Waals surface area contributed by atoms with Crippen molar-refractivity contribution in [3.63, 3.8) is 0 Å². The van der Waals surface area contributed by atoms with E-state index >= 15 is 0 Å². The van der Waals surface area contributed by atoms with E-state index < -0.39 is 5.97 Å². The van der Waals surface area contributed by atoms with Crippen LogP contribution in [0.25, 0.3) is 10.9 Å². The summed E-state index contributed by atoms with van der Waals surface area (Å²) in [5.74, 6) is -0.820. The summed E-state index contributed by atoms with van der Waals surface area (Å²) in [4.78, 5) is 16.5. The van der Waals surface area contributed by atoms with E-state index in [1.807, 2.05) is 25.1 Å². The van der Waals surface area contributed by atoms with Gasteiger partial charge in [-0.2, -0.15) is 0 Å². The predicted molar refractivity (Wildman–Crippen MR) is 79.3 cm³/mol. The van der Waals surface area contributed by atoms with Crippen LogP contribution in [0.5, 0.6) is 0 Å². The molecule has 1 N–H and O–H groups in total. The van der Waals surface area contributed by atoms with Crippen molar-refractivity contribution in [3.8, 4) is 0 Å².